The number of nitrogens with one attached hydrogen (secondary N) is 1. The van der Waals surface area contributed by atoms with Gasteiger partial charge in [0, 0.05) is 13.1 Å². The summed E-state index contributed by atoms with van der Waals surface area (Å²) < 4.78 is 0. The second kappa shape index (κ2) is 4.97. The first-order valence-electron chi connectivity index (χ1n) is 5.75. The van der Waals surface area contributed by atoms with Crippen LogP contribution in [0.2, 0.25) is 0 Å². The number of hydrogen-bond donors (Lipinski definition) is 2. The maximum Gasteiger partial charge on any atom is 0.224 e. The van der Waals surface area contributed by atoms with Gasteiger partial charge in [0.05, 0.1) is 5.41 Å². The molecule has 1 fully saturated rings. The Labute approximate surface area is 100 Å². The number of primary amides is 1. The summed E-state index contributed by atoms with van der Waals surface area (Å²) in [7, 11) is 0. The number of amides is 1. The first-order chi connectivity index (χ1) is 7.73. The van der Waals surface area contributed by atoms with Crippen LogP contribution in [0.15, 0.2) is 16.8 Å². The van der Waals surface area contributed by atoms with E-state index in [1.54, 1.807) is 11.3 Å². The van der Waals surface area contributed by atoms with Crippen molar-refractivity contribution in [2.45, 2.75) is 32.2 Å². The Morgan fingerprint density at radius 3 is 2.81 bits per heavy atom. The van der Waals surface area contributed by atoms with Gasteiger partial charge in [-0.1, -0.05) is 12.8 Å². The minimum atomic E-state index is -0.282. The first-order valence-corrected chi connectivity index (χ1v) is 6.69. The van der Waals surface area contributed by atoms with Crippen LogP contribution >= 0.6 is 11.3 Å². The molecule has 0 radical (unpaired) electrons. The summed E-state index contributed by atoms with van der Waals surface area (Å²) in [6.45, 7) is 1.55. The summed E-state index contributed by atoms with van der Waals surface area (Å²) in [6, 6.07) is 2.10. The molecule has 1 aliphatic rings. The third-order valence-electron chi connectivity index (χ3n) is 3.46. The van der Waals surface area contributed by atoms with Crippen molar-refractivity contribution in [3.8, 4) is 0 Å². The average molecular weight is 238 g/mol. The summed E-state index contributed by atoms with van der Waals surface area (Å²) in [5.74, 6) is -0.136. The van der Waals surface area contributed by atoms with Gasteiger partial charge in [-0.05, 0) is 35.2 Å². The van der Waals surface area contributed by atoms with Gasteiger partial charge in [-0.2, -0.15) is 11.3 Å². The Bertz CT molecular complexity index is 342. The van der Waals surface area contributed by atoms with Gasteiger partial charge < -0.3 is 11.1 Å². The van der Waals surface area contributed by atoms with Crippen LogP contribution in [0, 0.1) is 5.41 Å². The minimum Gasteiger partial charge on any atom is -0.369 e. The van der Waals surface area contributed by atoms with Crippen molar-refractivity contribution < 1.29 is 4.79 Å². The van der Waals surface area contributed by atoms with Crippen LogP contribution < -0.4 is 11.1 Å². The van der Waals surface area contributed by atoms with Crippen molar-refractivity contribution in [2.24, 2.45) is 11.1 Å². The minimum absolute atomic E-state index is 0.136. The lowest BCUT2D eigenvalue weighted by atomic mass is 9.85. The number of nitrogens with two attached hydrogens (primary N) is 1. The number of carbonyl (C=O) groups is 1. The molecule has 1 aromatic heterocycles. The maximum atomic E-state index is 11.5. The van der Waals surface area contributed by atoms with Gasteiger partial charge in [0.15, 0.2) is 0 Å². The van der Waals surface area contributed by atoms with E-state index in [-0.39, 0.29) is 11.3 Å². The molecule has 16 heavy (non-hydrogen) atoms. The molecule has 0 unspecified atom stereocenters. The smallest absolute Gasteiger partial charge is 0.224 e. The van der Waals surface area contributed by atoms with E-state index >= 15 is 0 Å². The monoisotopic (exact) mass is 238 g/mol. The second-order valence-corrected chi connectivity index (χ2v) is 5.37. The molecule has 2 rings (SSSR count). The molecule has 1 aliphatic carbocycles. The zero-order valence-corrected chi connectivity index (χ0v) is 10.2. The highest BCUT2D eigenvalue weighted by atomic mass is 32.1. The predicted molar refractivity (Wildman–Crippen MR) is 66.1 cm³/mol. The molecule has 3 N–H and O–H groups in total. The fourth-order valence-electron chi connectivity index (χ4n) is 2.40. The van der Waals surface area contributed by atoms with Crippen LogP contribution in [0.1, 0.15) is 31.2 Å². The van der Waals surface area contributed by atoms with Crippen molar-refractivity contribution >= 4 is 17.2 Å². The summed E-state index contributed by atoms with van der Waals surface area (Å²) in [4.78, 5) is 11.5. The zero-order chi connectivity index (χ0) is 11.4. The van der Waals surface area contributed by atoms with E-state index in [1.165, 1.54) is 5.56 Å². The molecule has 1 heterocycles. The molecule has 1 amide bonds. The van der Waals surface area contributed by atoms with Crippen LogP contribution in [0.5, 0.6) is 0 Å². The lowest BCUT2D eigenvalue weighted by Gasteiger charge is -2.25. The Morgan fingerprint density at radius 1 is 1.50 bits per heavy atom. The SMILES string of the molecule is NC(=O)C1(CNCc2ccsc2)CCCC1. The largest absolute Gasteiger partial charge is 0.369 e. The van der Waals surface area contributed by atoms with Gasteiger partial charge in [-0.25, -0.2) is 0 Å². The molecule has 1 saturated carbocycles. The van der Waals surface area contributed by atoms with Gasteiger partial charge >= 0.3 is 0 Å². The van der Waals surface area contributed by atoms with Crippen LogP contribution in [0.25, 0.3) is 0 Å². The second-order valence-electron chi connectivity index (χ2n) is 4.59. The van der Waals surface area contributed by atoms with Gasteiger partial charge in [-0.15, -0.1) is 0 Å². The molecule has 0 aliphatic heterocycles. The van der Waals surface area contributed by atoms with Gasteiger partial charge in [0.2, 0.25) is 5.91 Å². The lowest BCUT2D eigenvalue weighted by Crippen LogP contribution is -2.42. The maximum absolute atomic E-state index is 11.5. The van der Waals surface area contributed by atoms with Crippen LogP contribution in [-0.4, -0.2) is 12.5 Å². The first kappa shape index (κ1) is 11.6. The standard InChI is InChI=1S/C12H18N2OS/c13-11(15)12(4-1-2-5-12)9-14-7-10-3-6-16-8-10/h3,6,8,14H,1-2,4-5,7,9H2,(H2,13,15). The van der Waals surface area contributed by atoms with E-state index < -0.39 is 0 Å². The molecular weight excluding hydrogens is 220 g/mol. The van der Waals surface area contributed by atoms with E-state index in [9.17, 15) is 4.79 Å². The number of rotatable bonds is 5. The van der Waals surface area contributed by atoms with Gasteiger partial charge in [-0.3, -0.25) is 4.79 Å². The van der Waals surface area contributed by atoms with Crippen molar-refractivity contribution in [1.82, 2.24) is 5.32 Å². The Morgan fingerprint density at radius 2 is 2.25 bits per heavy atom. The third-order valence-corrected chi connectivity index (χ3v) is 4.19. The topological polar surface area (TPSA) is 55.1 Å². The summed E-state index contributed by atoms with van der Waals surface area (Å²) in [6.07, 6.45) is 4.14. The van der Waals surface area contributed by atoms with Gasteiger partial charge in [0.25, 0.3) is 0 Å². The van der Waals surface area contributed by atoms with E-state index in [0.29, 0.717) is 0 Å². The summed E-state index contributed by atoms with van der Waals surface area (Å²) in [5, 5.41) is 7.55. The van der Waals surface area contributed by atoms with Crippen LogP contribution in [-0.2, 0) is 11.3 Å². The zero-order valence-electron chi connectivity index (χ0n) is 9.37. The number of thiophene rings is 1. The summed E-state index contributed by atoms with van der Waals surface area (Å²) in [5.41, 5.74) is 6.51. The number of hydrogen-bond acceptors (Lipinski definition) is 3. The van der Waals surface area contributed by atoms with Crippen molar-refractivity contribution in [1.29, 1.82) is 0 Å². The molecule has 1 aromatic rings. The fourth-order valence-corrected chi connectivity index (χ4v) is 3.07. The molecule has 0 spiro atoms. The number of carbonyl (C=O) groups excluding carboxylic acids is 1. The van der Waals surface area contributed by atoms with Gasteiger partial charge in [0.1, 0.15) is 0 Å². The highest BCUT2D eigenvalue weighted by Crippen LogP contribution is 2.37. The normalized spacial score (nSPS) is 18.8. The molecule has 0 aromatic carbocycles. The Balaban J connectivity index is 1.85. The predicted octanol–water partition coefficient (Wildman–Crippen LogP) is 1.88. The molecular formula is C12H18N2OS. The van der Waals surface area contributed by atoms with Crippen LogP contribution in [0.3, 0.4) is 0 Å². The van der Waals surface area contributed by atoms with Crippen molar-refractivity contribution in [2.75, 3.05) is 6.54 Å². The van der Waals surface area contributed by atoms with E-state index in [1.807, 2.05) is 0 Å². The summed E-state index contributed by atoms with van der Waals surface area (Å²) >= 11 is 1.70. The van der Waals surface area contributed by atoms with E-state index in [4.69, 9.17) is 5.73 Å². The van der Waals surface area contributed by atoms with Crippen molar-refractivity contribution in [3.05, 3.63) is 22.4 Å². The molecule has 88 valence electrons. The van der Waals surface area contributed by atoms with Crippen LogP contribution in [0.4, 0.5) is 0 Å². The average Bonchev–Trinajstić information content (AvgIpc) is 2.88. The molecule has 3 nitrogen and oxygen atoms in total. The van der Waals surface area contributed by atoms with E-state index in [0.717, 1.165) is 38.8 Å². The Hall–Kier alpha value is -0.870. The fraction of sp³-hybridized carbons (Fsp3) is 0.583. The highest BCUT2D eigenvalue weighted by Gasteiger charge is 2.38. The third kappa shape index (κ3) is 2.44. The molecule has 4 heteroatoms. The molecule has 0 saturated heterocycles. The molecule has 0 bridgehead atoms. The lowest BCUT2D eigenvalue weighted by molar-refractivity contribution is -0.127. The highest BCUT2D eigenvalue weighted by molar-refractivity contribution is 7.07. The quantitative estimate of drug-likeness (QED) is 0.823. The molecule has 0 atom stereocenters. The Kier molecular flexibility index (Phi) is 3.61. The van der Waals surface area contributed by atoms with E-state index in [2.05, 4.69) is 22.1 Å². The van der Waals surface area contributed by atoms with Crippen molar-refractivity contribution in [3.63, 3.8) is 0 Å².